The number of anilines is 1. The van der Waals surface area contributed by atoms with Gasteiger partial charge in [-0.05, 0) is 24.1 Å². The Morgan fingerprint density at radius 1 is 1.10 bits per heavy atom. The van der Waals surface area contributed by atoms with E-state index in [1.807, 2.05) is 0 Å². The van der Waals surface area contributed by atoms with E-state index in [9.17, 15) is 19.2 Å². The van der Waals surface area contributed by atoms with Gasteiger partial charge in [-0.3, -0.25) is 29.4 Å². The van der Waals surface area contributed by atoms with Crippen molar-refractivity contribution in [2.45, 2.75) is 31.3 Å². The van der Waals surface area contributed by atoms with Crippen LogP contribution in [0.4, 0.5) is 6.01 Å². The summed E-state index contributed by atoms with van der Waals surface area (Å²) in [6, 6.07) is 4.21. The van der Waals surface area contributed by atoms with E-state index in [0.29, 0.717) is 12.4 Å². The van der Waals surface area contributed by atoms with Gasteiger partial charge in [0.15, 0.2) is 0 Å². The number of piperidine rings is 1. The summed E-state index contributed by atoms with van der Waals surface area (Å²) in [6.07, 6.45) is 0.211. The second kappa shape index (κ2) is 7.02. The standard InChI is InChI=1S/C19H18N6O5/c26-14-4-3-13(15(27)22-14)25-17(28)11-2-1-9(5-12(11)18(25)29)6-21-19-24-23-16(30-19)10-7-20-8-10/h1-2,5,10,13,20H,3-4,6-8H2,(H,21,24)(H,22,26,27). The number of nitrogens with one attached hydrogen (secondary N) is 3. The summed E-state index contributed by atoms with van der Waals surface area (Å²) in [5, 5.41) is 16.3. The molecule has 1 aromatic heterocycles. The molecule has 1 unspecified atom stereocenters. The Labute approximate surface area is 170 Å². The number of imide groups is 2. The van der Waals surface area contributed by atoms with Crippen LogP contribution in [-0.2, 0) is 16.1 Å². The predicted octanol–water partition coefficient (Wildman–Crippen LogP) is -0.230. The molecule has 0 aliphatic carbocycles. The summed E-state index contributed by atoms with van der Waals surface area (Å²) >= 11 is 0. The Bertz CT molecular complexity index is 1080. The van der Waals surface area contributed by atoms with Crippen LogP contribution in [0.2, 0.25) is 0 Å². The number of amides is 4. The Hall–Kier alpha value is -3.60. The third-order valence-electron chi connectivity index (χ3n) is 5.52. The van der Waals surface area contributed by atoms with Gasteiger partial charge in [0.1, 0.15) is 6.04 Å². The van der Waals surface area contributed by atoms with Gasteiger partial charge in [0, 0.05) is 26.1 Å². The Kier molecular flexibility index (Phi) is 4.31. The van der Waals surface area contributed by atoms with Crippen molar-refractivity contribution in [3.05, 3.63) is 40.8 Å². The van der Waals surface area contributed by atoms with Crippen LogP contribution in [0, 0.1) is 0 Å². The maximum atomic E-state index is 12.9. The molecule has 1 aromatic carbocycles. The highest BCUT2D eigenvalue weighted by atomic mass is 16.4. The van der Waals surface area contributed by atoms with Gasteiger partial charge in [-0.15, -0.1) is 5.10 Å². The molecule has 0 bridgehead atoms. The predicted molar refractivity (Wildman–Crippen MR) is 100 cm³/mol. The molecule has 0 saturated carbocycles. The monoisotopic (exact) mass is 410 g/mol. The van der Waals surface area contributed by atoms with E-state index in [4.69, 9.17) is 4.42 Å². The summed E-state index contributed by atoms with van der Waals surface area (Å²) in [7, 11) is 0. The lowest BCUT2D eigenvalue weighted by atomic mass is 10.0. The van der Waals surface area contributed by atoms with Gasteiger partial charge < -0.3 is 15.1 Å². The minimum absolute atomic E-state index is 0.0854. The zero-order valence-corrected chi connectivity index (χ0v) is 15.8. The van der Waals surface area contributed by atoms with Crippen molar-refractivity contribution in [1.82, 2.24) is 25.7 Å². The Morgan fingerprint density at radius 2 is 1.90 bits per heavy atom. The van der Waals surface area contributed by atoms with Crippen LogP contribution in [0.15, 0.2) is 22.6 Å². The molecule has 1 atom stereocenters. The molecule has 4 heterocycles. The minimum Gasteiger partial charge on any atom is -0.408 e. The van der Waals surface area contributed by atoms with E-state index in [1.54, 1.807) is 18.2 Å². The van der Waals surface area contributed by atoms with Crippen molar-refractivity contribution in [1.29, 1.82) is 0 Å². The fourth-order valence-corrected chi connectivity index (χ4v) is 3.74. The number of carbonyl (C=O) groups is 4. The van der Waals surface area contributed by atoms with Crippen LogP contribution >= 0.6 is 0 Å². The third kappa shape index (κ3) is 3.03. The zero-order chi connectivity index (χ0) is 20.8. The van der Waals surface area contributed by atoms with E-state index in [0.717, 1.165) is 23.6 Å². The third-order valence-corrected chi connectivity index (χ3v) is 5.52. The Balaban J connectivity index is 1.30. The molecular weight excluding hydrogens is 392 g/mol. The smallest absolute Gasteiger partial charge is 0.315 e. The maximum Gasteiger partial charge on any atom is 0.315 e. The maximum absolute atomic E-state index is 12.9. The SMILES string of the molecule is O=C1CCC(N2C(=O)c3ccc(CNc4nnc(C5CNC5)o4)cc3C2=O)C(=O)N1. The molecule has 154 valence electrons. The second-order valence-corrected chi connectivity index (χ2v) is 7.48. The lowest BCUT2D eigenvalue weighted by Gasteiger charge is -2.27. The molecule has 5 rings (SSSR count). The number of hydrogen-bond donors (Lipinski definition) is 3. The second-order valence-electron chi connectivity index (χ2n) is 7.48. The fourth-order valence-electron chi connectivity index (χ4n) is 3.74. The zero-order valence-electron chi connectivity index (χ0n) is 15.8. The number of benzene rings is 1. The average Bonchev–Trinajstić information content (AvgIpc) is 3.23. The van der Waals surface area contributed by atoms with Gasteiger partial charge in [0.25, 0.3) is 11.8 Å². The molecular formula is C19H18N6O5. The summed E-state index contributed by atoms with van der Waals surface area (Å²) in [4.78, 5) is 50.0. The van der Waals surface area contributed by atoms with Crippen molar-refractivity contribution >= 4 is 29.6 Å². The first kappa shape index (κ1) is 18.4. The Morgan fingerprint density at radius 3 is 2.63 bits per heavy atom. The minimum atomic E-state index is -0.977. The highest BCUT2D eigenvalue weighted by molar-refractivity contribution is 6.23. The van der Waals surface area contributed by atoms with Crippen molar-refractivity contribution in [2.24, 2.45) is 0 Å². The first-order valence-corrected chi connectivity index (χ1v) is 9.64. The van der Waals surface area contributed by atoms with Crippen molar-refractivity contribution < 1.29 is 23.6 Å². The molecule has 3 aliphatic rings. The van der Waals surface area contributed by atoms with E-state index in [-0.39, 0.29) is 35.9 Å². The highest BCUT2D eigenvalue weighted by Gasteiger charge is 2.44. The van der Waals surface area contributed by atoms with E-state index in [2.05, 4.69) is 26.1 Å². The molecule has 0 spiro atoms. The summed E-state index contributed by atoms with van der Waals surface area (Å²) in [5.41, 5.74) is 1.21. The van der Waals surface area contributed by atoms with Crippen molar-refractivity contribution in [2.75, 3.05) is 18.4 Å². The topological polar surface area (TPSA) is 147 Å². The van der Waals surface area contributed by atoms with E-state index < -0.39 is 29.7 Å². The molecule has 2 fully saturated rings. The van der Waals surface area contributed by atoms with Crippen LogP contribution in [0.1, 0.15) is 50.9 Å². The molecule has 3 aliphatic heterocycles. The van der Waals surface area contributed by atoms with Crippen molar-refractivity contribution in [3.8, 4) is 0 Å². The number of hydrogen-bond acceptors (Lipinski definition) is 9. The number of aromatic nitrogens is 2. The van der Waals surface area contributed by atoms with Crippen LogP contribution in [0.5, 0.6) is 0 Å². The number of nitrogens with zero attached hydrogens (tertiary/aromatic N) is 3. The van der Waals surface area contributed by atoms with Gasteiger partial charge >= 0.3 is 6.01 Å². The number of fused-ring (bicyclic) bond motifs is 1. The molecule has 3 N–H and O–H groups in total. The lowest BCUT2D eigenvalue weighted by molar-refractivity contribution is -0.136. The molecule has 4 amide bonds. The van der Waals surface area contributed by atoms with Gasteiger partial charge in [0.05, 0.1) is 17.0 Å². The van der Waals surface area contributed by atoms with Crippen LogP contribution < -0.4 is 16.0 Å². The summed E-state index contributed by atoms with van der Waals surface area (Å²) in [5.74, 6) is -1.29. The normalized spacial score (nSPS) is 21.5. The van der Waals surface area contributed by atoms with Crippen molar-refractivity contribution in [3.63, 3.8) is 0 Å². The molecule has 0 radical (unpaired) electrons. The fraction of sp³-hybridized carbons (Fsp3) is 0.368. The van der Waals surface area contributed by atoms with Crippen LogP contribution in [0.3, 0.4) is 0 Å². The molecule has 11 nitrogen and oxygen atoms in total. The van der Waals surface area contributed by atoms with E-state index in [1.165, 1.54) is 0 Å². The number of carbonyl (C=O) groups excluding carboxylic acids is 4. The van der Waals surface area contributed by atoms with Gasteiger partial charge in [-0.2, -0.15) is 0 Å². The molecule has 2 aromatic rings. The lowest BCUT2D eigenvalue weighted by Crippen LogP contribution is -2.54. The quantitative estimate of drug-likeness (QED) is 0.569. The molecule has 2 saturated heterocycles. The molecule has 30 heavy (non-hydrogen) atoms. The highest BCUT2D eigenvalue weighted by Crippen LogP contribution is 2.28. The first-order valence-electron chi connectivity index (χ1n) is 9.64. The summed E-state index contributed by atoms with van der Waals surface area (Å²) < 4.78 is 5.58. The van der Waals surface area contributed by atoms with Gasteiger partial charge in [-0.25, -0.2) is 0 Å². The van der Waals surface area contributed by atoms with Crippen LogP contribution in [0.25, 0.3) is 0 Å². The van der Waals surface area contributed by atoms with E-state index >= 15 is 0 Å². The van der Waals surface area contributed by atoms with Gasteiger partial charge in [0.2, 0.25) is 17.7 Å². The van der Waals surface area contributed by atoms with Gasteiger partial charge in [-0.1, -0.05) is 11.2 Å². The molecule has 11 heteroatoms. The average molecular weight is 410 g/mol. The van der Waals surface area contributed by atoms with Crippen LogP contribution in [-0.4, -0.2) is 57.9 Å². The first-order chi connectivity index (χ1) is 14.5. The number of rotatable bonds is 5. The largest absolute Gasteiger partial charge is 0.408 e. The summed E-state index contributed by atoms with van der Waals surface area (Å²) in [6.45, 7) is 1.94.